The van der Waals surface area contributed by atoms with Gasteiger partial charge in [0.15, 0.2) is 5.76 Å². The predicted molar refractivity (Wildman–Crippen MR) is 128 cm³/mol. The highest BCUT2D eigenvalue weighted by Gasteiger charge is 2.34. The molecular formula is C25H28ClF3N4O. The first-order valence-corrected chi connectivity index (χ1v) is 11.7. The van der Waals surface area contributed by atoms with Crippen molar-refractivity contribution in [2.75, 3.05) is 51.2 Å². The zero-order chi connectivity index (χ0) is 24.1. The summed E-state index contributed by atoms with van der Waals surface area (Å²) in [5, 5.41) is 4.64. The smallest absolute Gasteiger partial charge is 0.369 e. The van der Waals surface area contributed by atoms with Crippen LogP contribution in [0, 0.1) is 0 Å². The molecule has 0 N–H and O–H groups in total. The number of alkyl halides is 3. The SMILES string of the molecule is CN(CCCN1CCN(c2cccc(Cl)c2)CC1)Cc1cc(-c2ccccc2C(F)(F)F)no1. The van der Waals surface area contributed by atoms with E-state index in [2.05, 4.69) is 25.9 Å². The molecule has 0 aliphatic carbocycles. The fourth-order valence-corrected chi connectivity index (χ4v) is 4.46. The number of halogens is 4. The maximum absolute atomic E-state index is 13.3. The molecule has 0 atom stereocenters. The third-order valence-electron chi connectivity index (χ3n) is 6.05. The molecule has 182 valence electrons. The second-order valence-electron chi connectivity index (χ2n) is 8.62. The van der Waals surface area contributed by atoms with E-state index >= 15 is 0 Å². The van der Waals surface area contributed by atoms with Crippen molar-refractivity contribution >= 4 is 17.3 Å². The van der Waals surface area contributed by atoms with Crippen LogP contribution >= 0.6 is 11.6 Å². The van der Waals surface area contributed by atoms with E-state index in [-0.39, 0.29) is 11.3 Å². The maximum Gasteiger partial charge on any atom is 0.417 e. The van der Waals surface area contributed by atoms with E-state index in [1.165, 1.54) is 12.1 Å². The molecule has 2 heterocycles. The number of piperazine rings is 1. The first-order chi connectivity index (χ1) is 16.3. The Morgan fingerprint density at radius 1 is 1.03 bits per heavy atom. The highest BCUT2D eigenvalue weighted by molar-refractivity contribution is 6.30. The average molecular weight is 493 g/mol. The van der Waals surface area contributed by atoms with Gasteiger partial charge >= 0.3 is 6.18 Å². The lowest BCUT2D eigenvalue weighted by Crippen LogP contribution is -2.47. The molecule has 2 aromatic carbocycles. The minimum absolute atomic E-state index is 0.0320. The van der Waals surface area contributed by atoms with Crippen LogP contribution in [0.2, 0.25) is 5.02 Å². The summed E-state index contributed by atoms with van der Waals surface area (Å²) >= 11 is 6.11. The summed E-state index contributed by atoms with van der Waals surface area (Å²) in [6, 6.07) is 15.0. The number of rotatable bonds is 8. The molecule has 5 nitrogen and oxygen atoms in total. The van der Waals surface area contributed by atoms with Crippen LogP contribution in [-0.2, 0) is 12.7 Å². The topological polar surface area (TPSA) is 35.8 Å². The van der Waals surface area contributed by atoms with Crippen molar-refractivity contribution in [2.45, 2.75) is 19.1 Å². The largest absolute Gasteiger partial charge is 0.417 e. The number of aromatic nitrogens is 1. The van der Waals surface area contributed by atoms with Crippen molar-refractivity contribution in [3.63, 3.8) is 0 Å². The summed E-state index contributed by atoms with van der Waals surface area (Å²) in [5.41, 5.74) is 0.688. The van der Waals surface area contributed by atoms with Gasteiger partial charge in [0.1, 0.15) is 5.69 Å². The van der Waals surface area contributed by atoms with Gasteiger partial charge in [0.25, 0.3) is 0 Å². The van der Waals surface area contributed by atoms with Gasteiger partial charge in [-0.15, -0.1) is 0 Å². The van der Waals surface area contributed by atoms with E-state index in [0.717, 1.165) is 62.5 Å². The molecule has 0 bridgehead atoms. The first-order valence-electron chi connectivity index (χ1n) is 11.3. The van der Waals surface area contributed by atoms with Crippen LogP contribution in [-0.4, -0.2) is 61.3 Å². The summed E-state index contributed by atoms with van der Waals surface area (Å²) in [6.07, 6.45) is -3.45. The Labute approximate surface area is 202 Å². The second kappa shape index (κ2) is 10.8. The Balaban J connectivity index is 1.22. The predicted octanol–water partition coefficient (Wildman–Crippen LogP) is 5.66. The second-order valence-corrected chi connectivity index (χ2v) is 9.06. The van der Waals surface area contributed by atoms with E-state index in [1.807, 2.05) is 25.2 Å². The molecule has 3 aromatic rings. The number of hydrogen-bond acceptors (Lipinski definition) is 5. The van der Waals surface area contributed by atoms with E-state index in [4.69, 9.17) is 16.1 Å². The normalized spacial score (nSPS) is 15.3. The van der Waals surface area contributed by atoms with Crippen molar-refractivity contribution < 1.29 is 17.7 Å². The summed E-state index contributed by atoms with van der Waals surface area (Å²) in [7, 11) is 1.98. The minimum Gasteiger partial charge on any atom is -0.369 e. The van der Waals surface area contributed by atoms with E-state index in [9.17, 15) is 13.2 Å². The lowest BCUT2D eigenvalue weighted by molar-refractivity contribution is -0.137. The standard InChI is InChI=1S/C25H28ClF3N4O/c1-31(10-5-11-32-12-14-33(15-13-32)20-7-4-6-19(26)16-20)18-21-17-24(30-34-21)22-8-2-3-9-23(22)25(27,28)29/h2-4,6-9,16-17H,5,10-15,18H2,1H3. The van der Waals surface area contributed by atoms with Gasteiger partial charge in [0.05, 0.1) is 12.1 Å². The van der Waals surface area contributed by atoms with Gasteiger partial charge in [-0.1, -0.05) is 41.0 Å². The molecular weight excluding hydrogens is 465 g/mol. The fourth-order valence-electron chi connectivity index (χ4n) is 4.28. The van der Waals surface area contributed by atoms with Crippen LogP contribution in [0.5, 0.6) is 0 Å². The molecule has 1 aliphatic rings. The Hall–Kier alpha value is -2.55. The molecule has 1 saturated heterocycles. The fraction of sp³-hybridized carbons (Fsp3) is 0.400. The zero-order valence-electron chi connectivity index (χ0n) is 19.1. The van der Waals surface area contributed by atoms with Gasteiger partial charge in [-0.2, -0.15) is 13.2 Å². The Morgan fingerprint density at radius 2 is 1.79 bits per heavy atom. The first kappa shape index (κ1) is 24.6. The molecule has 1 fully saturated rings. The monoisotopic (exact) mass is 492 g/mol. The number of benzene rings is 2. The molecule has 0 radical (unpaired) electrons. The number of anilines is 1. The van der Waals surface area contributed by atoms with Crippen LogP contribution in [0.4, 0.5) is 18.9 Å². The summed E-state index contributed by atoms with van der Waals surface area (Å²) < 4.78 is 45.2. The lowest BCUT2D eigenvalue weighted by atomic mass is 10.0. The highest BCUT2D eigenvalue weighted by Crippen LogP contribution is 2.36. The zero-order valence-corrected chi connectivity index (χ0v) is 19.8. The summed E-state index contributed by atoms with van der Waals surface area (Å²) in [4.78, 5) is 6.91. The highest BCUT2D eigenvalue weighted by atomic mass is 35.5. The Bertz CT molecular complexity index is 1080. The van der Waals surface area contributed by atoms with Crippen LogP contribution in [0.15, 0.2) is 59.1 Å². The molecule has 34 heavy (non-hydrogen) atoms. The molecule has 0 amide bonds. The van der Waals surface area contributed by atoms with Crippen molar-refractivity contribution in [1.29, 1.82) is 0 Å². The van der Waals surface area contributed by atoms with Crippen LogP contribution in [0.3, 0.4) is 0 Å². The number of nitrogens with zero attached hydrogens (tertiary/aromatic N) is 4. The molecule has 1 aromatic heterocycles. The van der Waals surface area contributed by atoms with Crippen molar-refractivity contribution in [3.8, 4) is 11.3 Å². The van der Waals surface area contributed by atoms with Crippen LogP contribution < -0.4 is 4.90 Å². The van der Waals surface area contributed by atoms with E-state index in [0.29, 0.717) is 12.3 Å². The quantitative estimate of drug-likeness (QED) is 0.405. The summed E-state index contributed by atoms with van der Waals surface area (Å²) in [6.45, 7) is 6.27. The molecule has 0 unspecified atom stereocenters. The van der Waals surface area contributed by atoms with Crippen LogP contribution in [0.1, 0.15) is 17.7 Å². The number of hydrogen-bond donors (Lipinski definition) is 0. The van der Waals surface area contributed by atoms with Crippen molar-refractivity contribution in [2.24, 2.45) is 0 Å². The average Bonchev–Trinajstić information content (AvgIpc) is 3.27. The third kappa shape index (κ3) is 6.31. The molecule has 1 aliphatic heterocycles. The third-order valence-corrected chi connectivity index (χ3v) is 6.29. The van der Waals surface area contributed by atoms with Gasteiger partial charge in [0.2, 0.25) is 0 Å². The van der Waals surface area contributed by atoms with Gasteiger partial charge in [-0.05, 0) is 50.8 Å². The lowest BCUT2D eigenvalue weighted by Gasteiger charge is -2.36. The minimum atomic E-state index is -4.44. The van der Waals surface area contributed by atoms with Gasteiger partial charge in [-0.25, -0.2) is 0 Å². The Kier molecular flexibility index (Phi) is 7.80. The van der Waals surface area contributed by atoms with Crippen molar-refractivity contribution in [3.05, 3.63) is 70.9 Å². The molecule has 9 heteroatoms. The molecule has 0 saturated carbocycles. The van der Waals surface area contributed by atoms with E-state index in [1.54, 1.807) is 12.1 Å². The maximum atomic E-state index is 13.3. The van der Waals surface area contributed by atoms with Crippen molar-refractivity contribution in [1.82, 2.24) is 15.0 Å². The van der Waals surface area contributed by atoms with Gasteiger partial charge < -0.3 is 9.42 Å². The van der Waals surface area contributed by atoms with Crippen LogP contribution in [0.25, 0.3) is 11.3 Å². The molecule has 0 spiro atoms. The van der Waals surface area contributed by atoms with Gasteiger partial charge in [-0.3, -0.25) is 9.80 Å². The van der Waals surface area contributed by atoms with Gasteiger partial charge in [0, 0.05) is 48.5 Å². The summed E-state index contributed by atoms with van der Waals surface area (Å²) in [5.74, 6) is 0.546. The Morgan fingerprint density at radius 3 is 2.53 bits per heavy atom. The molecule has 4 rings (SSSR count). The van der Waals surface area contributed by atoms with E-state index < -0.39 is 11.7 Å².